The zero-order valence-corrected chi connectivity index (χ0v) is 17.2. The Bertz CT molecular complexity index is 1040. The van der Waals surface area contributed by atoms with Gasteiger partial charge in [0.1, 0.15) is 0 Å². The SMILES string of the molecule is O=C(CCc1nc(-c2ccsc2)no1)NCCCc1nc(-c2ccncc2)cs1. The number of hydrogen-bond donors (Lipinski definition) is 1. The molecule has 0 unspecified atom stereocenters. The van der Waals surface area contributed by atoms with Gasteiger partial charge in [0.05, 0.1) is 10.7 Å². The fourth-order valence-electron chi connectivity index (χ4n) is 2.72. The molecule has 148 valence electrons. The largest absolute Gasteiger partial charge is 0.356 e. The van der Waals surface area contributed by atoms with Crippen LogP contribution in [0.2, 0.25) is 0 Å². The number of thiophene rings is 1. The first-order chi connectivity index (χ1) is 14.3. The van der Waals surface area contributed by atoms with Gasteiger partial charge in [-0.2, -0.15) is 16.3 Å². The summed E-state index contributed by atoms with van der Waals surface area (Å²) in [6.45, 7) is 0.618. The number of nitrogens with zero attached hydrogens (tertiary/aromatic N) is 4. The fraction of sp³-hybridized carbons (Fsp3) is 0.250. The number of thiazole rings is 1. The lowest BCUT2D eigenvalue weighted by Gasteiger charge is -2.03. The van der Waals surface area contributed by atoms with Gasteiger partial charge in [-0.15, -0.1) is 11.3 Å². The third-order valence-electron chi connectivity index (χ3n) is 4.23. The summed E-state index contributed by atoms with van der Waals surface area (Å²) in [5.74, 6) is 1.03. The summed E-state index contributed by atoms with van der Waals surface area (Å²) < 4.78 is 5.21. The third-order valence-corrected chi connectivity index (χ3v) is 5.82. The molecular weight excluding hydrogens is 406 g/mol. The summed E-state index contributed by atoms with van der Waals surface area (Å²) in [5.41, 5.74) is 2.97. The molecule has 1 amide bonds. The van der Waals surface area contributed by atoms with Crippen molar-refractivity contribution in [1.82, 2.24) is 25.4 Å². The molecule has 0 saturated carbocycles. The summed E-state index contributed by atoms with van der Waals surface area (Å²) in [6.07, 6.45) is 5.98. The number of carbonyl (C=O) groups is 1. The number of hydrogen-bond acceptors (Lipinski definition) is 8. The van der Waals surface area contributed by atoms with Crippen LogP contribution in [-0.4, -0.2) is 32.6 Å². The lowest BCUT2D eigenvalue weighted by molar-refractivity contribution is -0.121. The van der Waals surface area contributed by atoms with Crippen molar-refractivity contribution in [3.05, 3.63) is 57.6 Å². The van der Waals surface area contributed by atoms with Crippen LogP contribution < -0.4 is 5.32 Å². The summed E-state index contributed by atoms with van der Waals surface area (Å²) in [4.78, 5) is 25.0. The number of pyridine rings is 1. The van der Waals surface area contributed by atoms with E-state index in [1.54, 1.807) is 35.1 Å². The number of nitrogens with one attached hydrogen (secondary N) is 1. The zero-order valence-electron chi connectivity index (χ0n) is 15.6. The molecule has 9 heteroatoms. The minimum Gasteiger partial charge on any atom is -0.356 e. The second kappa shape index (κ2) is 9.53. The first kappa shape index (κ1) is 19.4. The Hall–Kier alpha value is -2.91. The van der Waals surface area contributed by atoms with Crippen LogP contribution >= 0.6 is 22.7 Å². The Morgan fingerprint density at radius 3 is 2.79 bits per heavy atom. The summed E-state index contributed by atoms with van der Waals surface area (Å²) >= 11 is 3.22. The van der Waals surface area contributed by atoms with E-state index in [1.165, 1.54) is 0 Å². The number of aromatic nitrogens is 4. The quantitative estimate of drug-likeness (QED) is 0.407. The molecule has 0 fully saturated rings. The van der Waals surface area contributed by atoms with Crippen LogP contribution in [0.25, 0.3) is 22.6 Å². The highest BCUT2D eigenvalue weighted by atomic mass is 32.1. The van der Waals surface area contributed by atoms with Gasteiger partial charge in [0.15, 0.2) is 0 Å². The lowest BCUT2D eigenvalue weighted by Crippen LogP contribution is -2.25. The predicted octanol–water partition coefficient (Wildman–Crippen LogP) is 4.00. The maximum atomic E-state index is 12.0. The van der Waals surface area contributed by atoms with Crippen molar-refractivity contribution < 1.29 is 9.32 Å². The molecule has 0 saturated heterocycles. The highest BCUT2D eigenvalue weighted by Crippen LogP contribution is 2.22. The molecule has 0 atom stereocenters. The van der Waals surface area contributed by atoms with Crippen LogP contribution in [0, 0.1) is 0 Å². The van der Waals surface area contributed by atoms with Crippen LogP contribution in [-0.2, 0) is 17.6 Å². The van der Waals surface area contributed by atoms with E-state index in [0.717, 1.165) is 34.7 Å². The Morgan fingerprint density at radius 2 is 1.97 bits per heavy atom. The number of aryl methyl sites for hydroxylation is 2. The van der Waals surface area contributed by atoms with E-state index < -0.39 is 0 Å². The number of carbonyl (C=O) groups excluding carboxylic acids is 1. The van der Waals surface area contributed by atoms with Gasteiger partial charge in [-0.05, 0) is 30.0 Å². The molecule has 4 rings (SSSR count). The zero-order chi connectivity index (χ0) is 19.9. The Kier molecular flexibility index (Phi) is 6.38. The standard InChI is InChI=1S/C20H19N5O2S2/c26-17(3-4-18-24-20(25-27-18)15-7-11-28-12-15)22-8-1-2-19-23-16(13-29-19)14-5-9-21-10-6-14/h5-7,9-13H,1-4,8H2,(H,22,26). The average Bonchev–Trinajstić information content (AvgIpc) is 3.52. The van der Waals surface area contributed by atoms with Gasteiger partial charge < -0.3 is 9.84 Å². The summed E-state index contributed by atoms with van der Waals surface area (Å²) in [5, 5.41) is 13.9. The molecule has 0 aromatic carbocycles. The van der Waals surface area contributed by atoms with Gasteiger partial charge in [-0.1, -0.05) is 5.16 Å². The van der Waals surface area contributed by atoms with E-state index in [9.17, 15) is 4.79 Å². The molecule has 0 aliphatic carbocycles. The molecule has 29 heavy (non-hydrogen) atoms. The monoisotopic (exact) mass is 425 g/mol. The first-order valence-corrected chi connectivity index (χ1v) is 11.1. The van der Waals surface area contributed by atoms with Crippen LogP contribution in [0.3, 0.4) is 0 Å². The highest BCUT2D eigenvalue weighted by Gasteiger charge is 2.11. The minimum absolute atomic E-state index is 0.0168. The van der Waals surface area contributed by atoms with E-state index in [-0.39, 0.29) is 5.91 Å². The Morgan fingerprint density at radius 1 is 1.07 bits per heavy atom. The average molecular weight is 426 g/mol. The van der Waals surface area contributed by atoms with Gasteiger partial charge in [0.25, 0.3) is 0 Å². The van der Waals surface area contributed by atoms with E-state index in [2.05, 4.69) is 30.8 Å². The minimum atomic E-state index is -0.0168. The maximum Gasteiger partial charge on any atom is 0.227 e. The van der Waals surface area contributed by atoms with Crippen LogP contribution in [0.1, 0.15) is 23.7 Å². The van der Waals surface area contributed by atoms with Gasteiger partial charge in [-0.25, -0.2) is 4.98 Å². The van der Waals surface area contributed by atoms with Crippen LogP contribution in [0.4, 0.5) is 0 Å². The van der Waals surface area contributed by atoms with E-state index >= 15 is 0 Å². The Balaban J connectivity index is 1.16. The van der Waals surface area contributed by atoms with Crippen molar-refractivity contribution in [3.8, 4) is 22.6 Å². The van der Waals surface area contributed by atoms with Gasteiger partial charge in [-0.3, -0.25) is 9.78 Å². The lowest BCUT2D eigenvalue weighted by atomic mass is 10.2. The molecule has 0 radical (unpaired) electrons. The molecule has 7 nitrogen and oxygen atoms in total. The topological polar surface area (TPSA) is 93.8 Å². The molecule has 0 aliphatic rings. The second-order valence-corrected chi connectivity index (χ2v) is 8.06. The normalized spacial score (nSPS) is 10.9. The molecule has 1 N–H and O–H groups in total. The number of amides is 1. The van der Waals surface area contributed by atoms with Crippen molar-refractivity contribution in [2.24, 2.45) is 0 Å². The van der Waals surface area contributed by atoms with Crippen LogP contribution in [0.15, 0.2) is 51.3 Å². The van der Waals surface area contributed by atoms with Gasteiger partial charge in [0.2, 0.25) is 17.6 Å². The third kappa shape index (κ3) is 5.33. The molecule has 0 spiro atoms. The summed E-state index contributed by atoms with van der Waals surface area (Å²) in [6, 6.07) is 5.84. The van der Waals surface area contributed by atoms with Crippen molar-refractivity contribution >= 4 is 28.6 Å². The summed E-state index contributed by atoms with van der Waals surface area (Å²) in [7, 11) is 0. The molecule has 4 heterocycles. The van der Waals surface area contributed by atoms with Crippen molar-refractivity contribution in [1.29, 1.82) is 0 Å². The van der Waals surface area contributed by atoms with E-state index in [1.807, 2.05) is 29.0 Å². The second-order valence-electron chi connectivity index (χ2n) is 6.34. The molecule has 4 aromatic rings. The number of rotatable bonds is 9. The molecular formula is C20H19N5O2S2. The fourth-order valence-corrected chi connectivity index (χ4v) is 4.21. The molecule has 4 aromatic heterocycles. The van der Waals surface area contributed by atoms with Gasteiger partial charge in [0, 0.05) is 60.1 Å². The smallest absolute Gasteiger partial charge is 0.227 e. The molecule has 0 aliphatic heterocycles. The Labute approximate surface area is 175 Å². The van der Waals surface area contributed by atoms with Crippen LogP contribution in [0.5, 0.6) is 0 Å². The van der Waals surface area contributed by atoms with E-state index in [4.69, 9.17) is 4.52 Å². The predicted molar refractivity (Wildman–Crippen MR) is 113 cm³/mol. The van der Waals surface area contributed by atoms with Crippen molar-refractivity contribution in [3.63, 3.8) is 0 Å². The van der Waals surface area contributed by atoms with Crippen molar-refractivity contribution in [2.45, 2.75) is 25.7 Å². The van der Waals surface area contributed by atoms with Gasteiger partial charge >= 0.3 is 0 Å². The molecule has 0 bridgehead atoms. The van der Waals surface area contributed by atoms with Crippen molar-refractivity contribution in [2.75, 3.05) is 6.54 Å². The first-order valence-electron chi connectivity index (χ1n) is 9.24. The highest BCUT2D eigenvalue weighted by molar-refractivity contribution is 7.10. The van der Waals surface area contributed by atoms with E-state index in [0.29, 0.717) is 31.1 Å². The maximum absolute atomic E-state index is 12.0.